The molecule has 0 heterocycles. The summed E-state index contributed by atoms with van der Waals surface area (Å²) in [5.41, 5.74) is 1.38. The normalized spacial score (nSPS) is 15.1. The lowest BCUT2D eigenvalue weighted by Gasteiger charge is -2.21. The molecule has 0 saturated heterocycles. The molecule has 0 aliphatic carbocycles. The molecule has 2 atom stereocenters. The standard InChI is InChI=1S/C12H18BrN/c1-4-14-10(3)9(2)11-6-5-7-12(13)8-11/h5-10,14H,4H2,1-3H3. The molecule has 0 bridgehead atoms. The van der Waals surface area contributed by atoms with Crippen LogP contribution in [0.4, 0.5) is 0 Å². The highest BCUT2D eigenvalue weighted by molar-refractivity contribution is 9.10. The van der Waals surface area contributed by atoms with Crippen molar-refractivity contribution in [3.63, 3.8) is 0 Å². The van der Waals surface area contributed by atoms with Gasteiger partial charge < -0.3 is 5.32 Å². The summed E-state index contributed by atoms with van der Waals surface area (Å²) >= 11 is 3.50. The highest BCUT2D eigenvalue weighted by atomic mass is 79.9. The van der Waals surface area contributed by atoms with Gasteiger partial charge >= 0.3 is 0 Å². The fourth-order valence-electron chi connectivity index (χ4n) is 1.58. The Hall–Kier alpha value is -0.340. The molecule has 78 valence electrons. The molecule has 0 aliphatic rings. The molecular formula is C12H18BrN. The molecule has 2 heteroatoms. The topological polar surface area (TPSA) is 12.0 Å². The molecule has 1 N–H and O–H groups in total. The molecule has 0 fully saturated rings. The van der Waals surface area contributed by atoms with Crippen molar-refractivity contribution < 1.29 is 0 Å². The van der Waals surface area contributed by atoms with Crippen LogP contribution < -0.4 is 5.32 Å². The van der Waals surface area contributed by atoms with Gasteiger partial charge in [-0.25, -0.2) is 0 Å². The zero-order chi connectivity index (χ0) is 10.6. The predicted octanol–water partition coefficient (Wildman–Crippen LogP) is 3.55. The van der Waals surface area contributed by atoms with Gasteiger partial charge in [-0.2, -0.15) is 0 Å². The zero-order valence-electron chi connectivity index (χ0n) is 9.05. The van der Waals surface area contributed by atoms with E-state index in [0.29, 0.717) is 12.0 Å². The van der Waals surface area contributed by atoms with E-state index in [1.54, 1.807) is 0 Å². The number of hydrogen-bond donors (Lipinski definition) is 1. The predicted molar refractivity (Wildman–Crippen MR) is 65.7 cm³/mol. The average Bonchev–Trinajstić information content (AvgIpc) is 2.17. The fourth-order valence-corrected chi connectivity index (χ4v) is 1.99. The lowest BCUT2D eigenvalue weighted by atomic mass is 9.94. The minimum atomic E-state index is 0.522. The number of nitrogens with one attached hydrogen (secondary N) is 1. The monoisotopic (exact) mass is 255 g/mol. The third kappa shape index (κ3) is 3.10. The van der Waals surface area contributed by atoms with Gasteiger partial charge in [0, 0.05) is 10.5 Å². The van der Waals surface area contributed by atoms with Crippen LogP contribution in [0.5, 0.6) is 0 Å². The molecule has 1 aromatic rings. The van der Waals surface area contributed by atoms with Crippen LogP contribution in [0.3, 0.4) is 0 Å². The van der Waals surface area contributed by atoms with E-state index in [1.165, 1.54) is 5.56 Å². The van der Waals surface area contributed by atoms with E-state index in [0.717, 1.165) is 11.0 Å². The van der Waals surface area contributed by atoms with Crippen molar-refractivity contribution in [3.8, 4) is 0 Å². The van der Waals surface area contributed by atoms with Gasteiger partial charge in [-0.15, -0.1) is 0 Å². The van der Waals surface area contributed by atoms with Crippen molar-refractivity contribution in [1.82, 2.24) is 5.32 Å². The largest absolute Gasteiger partial charge is 0.314 e. The summed E-state index contributed by atoms with van der Waals surface area (Å²) in [6.45, 7) is 7.66. The molecule has 0 radical (unpaired) electrons. The highest BCUT2D eigenvalue weighted by Crippen LogP contribution is 2.22. The molecule has 1 aromatic carbocycles. The smallest absolute Gasteiger partial charge is 0.0178 e. The van der Waals surface area contributed by atoms with Gasteiger partial charge in [0.15, 0.2) is 0 Å². The molecule has 14 heavy (non-hydrogen) atoms. The summed E-state index contributed by atoms with van der Waals surface area (Å²) in [6.07, 6.45) is 0. The van der Waals surface area contributed by atoms with Crippen molar-refractivity contribution in [2.75, 3.05) is 6.54 Å². The first-order chi connectivity index (χ1) is 6.65. The van der Waals surface area contributed by atoms with E-state index in [1.807, 2.05) is 0 Å². The van der Waals surface area contributed by atoms with Crippen molar-refractivity contribution >= 4 is 15.9 Å². The Balaban J connectivity index is 2.73. The van der Waals surface area contributed by atoms with Crippen molar-refractivity contribution in [2.24, 2.45) is 0 Å². The second-order valence-electron chi connectivity index (χ2n) is 3.69. The summed E-state index contributed by atoms with van der Waals surface area (Å²) in [6, 6.07) is 9.05. The van der Waals surface area contributed by atoms with Crippen LogP contribution in [0.2, 0.25) is 0 Å². The quantitative estimate of drug-likeness (QED) is 0.868. The van der Waals surface area contributed by atoms with Gasteiger partial charge in [0.1, 0.15) is 0 Å². The minimum Gasteiger partial charge on any atom is -0.314 e. The first kappa shape index (κ1) is 11.7. The summed E-state index contributed by atoms with van der Waals surface area (Å²) in [7, 11) is 0. The van der Waals surface area contributed by atoms with Crippen LogP contribution in [0.15, 0.2) is 28.7 Å². The van der Waals surface area contributed by atoms with Gasteiger partial charge in [-0.1, -0.05) is 41.9 Å². The number of rotatable bonds is 4. The summed E-state index contributed by atoms with van der Waals surface area (Å²) < 4.78 is 1.16. The second-order valence-corrected chi connectivity index (χ2v) is 4.61. The number of halogens is 1. The first-order valence-corrected chi connectivity index (χ1v) is 5.93. The first-order valence-electron chi connectivity index (χ1n) is 5.14. The Morgan fingerprint density at radius 2 is 2.07 bits per heavy atom. The van der Waals surface area contributed by atoms with Crippen LogP contribution >= 0.6 is 15.9 Å². The van der Waals surface area contributed by atoms with Gasteiger partial charge in [0.2, 0.25) is 0 Å². The highest BCUT2D eigenvalue weighted by Gasteiger charge is 2.12. The van der Waals surface area contributed by atoms with E-state index < -0.39 is 0 Å². The molecule has 1 rings (SSSR count). The molecule has 0 spiro atoms. The van der Waals surface area contributed by atoms with Crippen LogP contribution in [-0.4, -0.2) is 12.6 Å². The Morgan fingerprint density at radius 1 is 1.36 bits per heavy atom. The summed E-state index contributed by atoms with van der Waals surface area (Å²) in [5, 5.41) is 3.45. The molecular weight excluding hydrogens is 238 g/mol. The van der Waals surface area contributed by atoms with Crippen molar-refractivity contribution in [1.29, 1.82) is 0 Å². The third-order valence-corrected chi connectivity index (χ3v) is 3.14. The van der Waals surface area contributed by atoms with Crippen LogP contribution in [0.1, 0.15) is 32.3 Å². The van der Waals surface area contributed by atoms with E-state index in [-0.39, 0.29) is 0 Å². The molecule has 0 aliphatic heterocycles. The lowest BCUT2D eigenvalue weighted by Crippen LogP contribution is -2.30. The molecule has 0 aromatic heterocycles. The van der Waals surface area contributed by atoms with Gasteiger partial charge in [0.05, 0.1) is 0 Å². The maximum Gasteiger partial charge on any atom is 0.0178 e. The summed E-state index contributed by atoms with van der Waals surface area (Å²) in [5.74, 6) is 0.549. The van der Waals surface area contributed by atoms with E-state index in [9.17, 15) is 0 Å². The average molecular weight is 256 g/mol. The van der Waals surface area contributed by atoms with Gasteiger partial charge in [-0.05, 0) is 37.1 Å². The second kappa shape index (κ2) is 5.52. The van der Waals surface area contributed by atoms with Crippen LogP contribution in [-0.2, 0) is 0 Å². The molecule has 2 unspecified atom stereocenters. The lowest BCUT2D eigenvalue weighted by molar-refractivity contribution is 0.495. The van der Waals surface area contributed by atoms with E-state index in [4.69, 9.17) is 0 Å². The molecule has 0 saturated carbocycles. The summed E-state index contributed by atoms with van der Waals surface area (Å²) in [4.78, 5) is 0. The van der Waals surface area contributed by atoms with Crippen molar-refractivity contribution in [2.45, 2.75) is 32.7 Å². The van der Waals surface area contributed by atoms with Crippen LogP contribution in [0.25, 0.3) is 0 Å². The van der Waals surface area contributed by atoms with Gasteiger partial charge in [-0.3, -0.25) is 0 Å². The maximum atomic E-state index is 3.50. The van der Waals surface area contributed by atoms with Crippen LogP contribution in [0, 0.1) is 0 Å². The zero-order valence-corrected chi connectivity index (χ0v) is 10.6. The van der Waals surface area contributed by atoms with E-state index >= 15 is 0 Å². The Labute approximate surface area is 95.0 Å². The molecule has 1 nitrogen and oxygen atoms in total. The number of likely N-dealkylation sites (N-methyl/N-ethyl adjacent to an activating group) is 1. The number of hydrogen-bond acceptors (Lipinski definition) is 1. The third-order valence-electron chi connectivity index (χ3n) is 2.65. The molecule has 0 amide bonds. The Kier molecular flexibility index (Phi) is 4.63. The Bertz CT molecular complexity index is 285. The SMILES string of the molecule is CCNC(C)C(C)c1cccc(Br)c1. The fraction of sp³-hybridized carbons (Fsp3) is 0.500. The van der Waals surface area contributed by atoms with Crippen molar-refractivity contribution in [3.05, 3.63) is 34.3 Å². The van der Waals surface area contributed by atoms with E-state index in [2.05, 4.69) is 66.3 Å². The van der Waals surface area contributed by atoms with Gasteiger partial charge in [0.25, 0.3) is 0 Å². The Morgan fingerprint density at radius 3 is 2.64 bits per heavy atom. The number of benzene rings is 1. The minimum absolute atomic E-state index is 0.522. The maximum absolute atomic E-state index is 3.50.